The van der Waals surface area contributed by atoms with Gasteiger partial charge in [0.2, 0.25) is 0 Å². The zero-order valence-electron chi connectivity index (χ0n) is 11.9. The zero-order valence-corrected chi connectivity index (χ0v) is 11.9. The SMILES string of the molecule is CCCC(C)(C)C=NN=CC(C)(C)CCC. The first-order chi connectivity index (χ1) is 7.33. The Morgan fingerprint density at radius 2 is 1.06 bits per heavy atom. The number of hydrogen-bond acceptors (Lipinski definition) is 2. The lowest BCUT2D eigenvalue weighted by Crippen LogP contribution is -2.13. The number of nitrogens with zero attached hydrogens (tertiary/aromatic N) is 2. The highest BCUT2D eigenvalue weighted by atomic mass is 15.2. The van der Waals surface area contributed by atoms with Gasteiger partial charge in [-0.05, 0) is 12.8 Å². The first kappa shape index (κ1) is 15.3. The largest absolute Gasteiger partial charge is 0.163 e. The van der Waals surface area contributed by atoms with Crippen LogP contribution in [0.4, 0.5) is 0 Å². The van der Waals surface area contributed by atoms with Crippen molar-refractivity contribution in [3.63, 3.8) is 0 Å². The predicted molar refractivity (Wildman–Crippen MR) is 74.4 cm³/mol. The summed E-state index contributed by atoms with van der Waals surface area (Å²) in [5.74, 6) is 0. The number of hydrogen-bond donors (Lipinski definition) is 0. The highest BCUT2D eigenvalue weighted by Gasteiger charge is 2.14. The Morgan fingerprint density at radius 1 is 0.750 bits per heavy atom. The summed E-state index contributed by atoms with van der Waals surface area (Å²) in [6, 6.07) is 0. The second kappa shape index (κ2) is 6.82. The molecule has 0 aromatic heterocycles. The highest BCUT2D eigenvalue weighted by Crippen LogP contribution is 2.20. The summed E-state index contributed by atoms with van der Waals surface area (Å²) in [5.41, 5.74) is 0.335. The van der Waals surface area contributed by atoms with Crippen LogP contribution < -0.4 is 0 Å². The van der Waals surface area contributed by atoms with Crippen LogP contribution >= 0.6 is 0 Å². The van der Waals surface area contributed by atoms with E-state index in [4.69, 9.17) is 0 Å². The van der Waals surface area contributed by atoms with Crippen LogP contribution in [0.5, 0.6) is 0 Å². The summed E-state index contributed by atoms with van der Waals surface area (Å²) >= 11 is 0. The van der Waals surface area contributed by atoms with Crippen molar-refractivity contribution in [1.29, 1.82) is 0 Å². The third-order valence-electron chi connectivity index (χ3n) is 2.67. The maximum absolute atomic E-state index is 4.17. The minimum absolute atomic E-state index is 0.168. The van der Waals surface area contributed by atoms with E-state index < -0.39 is 0 Å². The summed E-state index contributed by atoms with van der Waals surface area (Å²) in [6.45, 7) is 13.2. The lowest BCUT2D eigenvalue weighted by molar-refractivity contribution is 0.474. The molecule has 16 heavy (non-hydrogen) atoms. The first-order valence-corrected chi connectivity index (χ1v) is 6.42. The van der Waals surface area contributed by atoms with Crippen LogP contribution in [0.15, 0.2) is 10.2 Å². The van der Waals surface area contributed by atoms with Crippen LogP contribution in [-0.4, -0.2) is 12.4 Å². The molecule has 0 aromatic carbocycles. The third kappa shape index (κ3) is 7.61. The van der Waals surface area contributed by atoms with E-state index in [1.54, 1.807) is 0 Å². The van der Waals surface area contributed by atoms with E-state index in [1.165, 1.54) is 12.8 Å². The molecule has 94 valence electrons. The molecular formula is C14H28N2. The van der Waals surface area contributed by atoms with E-state index >= 15 is 0 Å². The molecule has 0 fully saturated rings. The normalized spacial score (nSPS) is 14.1. The fourth-order valence-corrected chi connectivity index (χ4v) is 1.80. The van der Waals surface area contributed by atoms with Gasteiger partial charge in [0, 0.05) is 23.3 Å². The van der Waals surface area contributed by atoms with Crippen LogP contribution in [0.1, 0.15) is 67.2 Å². The number of rotatable bonds is 7. The molecule has 0 bridgehead atoms. The average Bonchev–Trinajstić information content (AvgIpc) is 2.12. The first-order valence-electron chi connectivity index (χ1n) is 6.42. The van der Waals surface area contributed by atoms with Crippen LogP contribution in [0.2, 0.25) is 0 Å². The summed E-state index contributed by atoms with van der Waals surface area (Å²) in [5, 5.41) is 8.35. The Bertz CT molecular complexity index is 211. The van der Waals surface area contributed by atoms with Crippen molar-refractivity contribution >= 4 is 12.4 Å². The van der Waals surface area contributed by atoms with Gasteiger partial charge in [-0.15, -0.1) is 0 Å². The van der Waals surface area contributed by atoms with Crippen molar-refractivity contribution in [3.8, 4) is 0 Å². The van der Waals surface area contributed by atoms with E-state index in [9.17, 15) is 0 Å². The van der Waals surface area contributed by atoms with Crippen molar-refractivity contribution in [2.75, 3.05) is 0 Å². The van der Waals surface area contributed by atoms with Gasteiger partial charge in [-0.25, -0.2) is 0 Å². The highest BCUT2D eigenvalue weighted by molar-refractivity contribution is 5.68. The summed E-state index contributed by atoms with van der Waals surface area (Å²) in [7, 11) is 0. The van der Waals surface area contributed by atoms with Crippen LogP contribution in [0, 0.1) is 10.8 Å². The Labute approximate surface area is 101 Å². The molecule has 0 atom stereocenters. The van der Waals surface area contributed by atoms with Crippen molar-refractivity contribution in [3.05, 3.63) is 0 Å². The molecule has 0 aliphatic rings. The van der Waals surface area contributed by atoms with Gasteiger partial charge in [0.05, 0.1) is 0 Å². The maximum Gasteiger partial charge on any atom is 0.0326 e. The smallest absolute Gasteiger partial charge is 0.0326 e. The van der Waals surface area contributed by atoms with Crippen molar-refractivity contribution in [1.82, 2.24) is 0 Å². The van der Waals surface area contributed by atoms with Crippen molar-refractivity contribution in [2.24, 2.45) is 21.0 Å². The molecule has 0 aliphatic heterocycles. The minimum atomic E-state index is 0.168. The summed E-state index contributed by atoms with van der Waals surface area (Å²) in [6.07, 6.45) is 8.62. The molecule has 0 aromatic rings. The van der Waals surface area contributed by atoms with E-state index in [1.807, 2.05) is 12.4 Å². The summed E-state index contributed by atoms with van der Waals surface area (Å²) < 4.78 is 0. The fourth-order valence-electron chi connectivity index (χ4n) is 1.80. The van der Waals surface area contributed by atoms with Crippen LogP contribution in [0.25, 0.3) is 0 Å². The predicted octanol–water partition coefficient (Wildman–Crippen LogP) is 4.70. The molecule has 2 heteroatoms. The Hall–Kier alpha value is -0.660. The van der Waals surface area contributed by atoms with Crippen molar-refractivity contribution in [2.45, 2.75) is 67.2 Å². The second-order valence-electron chi connectivity index (χ2n) is 5.97. The molecule has 0 rings (SSSR count). The van der Waals surface area contributed by atoms with Gasteiger partial charge in [0.25, 0.3) is 0 Å². The molecule has 0 radical (unpaired) electrons. The van der Waals surface area contributed by atoms with Gasteiger partial charge in [-0.2, -0.15) is 10.2 Å². The second-order valence-corrected chi connectivity index (χ2v) is 5.97. The molecule has 0 heterocycles. The topological polar surface area (TPSA) is 24.7 Å². The molecule has 0 saturated heterocycles. The van der Waals surface area contributed by atoms with Crippen LogP contribution in [0.3, 0.4) is 0 Å². The molecule has 0 N–H and O–H groups in total. The molecular weight excluding hydrogens is 196 g/mol. The van der Waals surface area contributed by atoms with Gasteiger partial charge in [0.1, 0.15) is 0 Å². The van der Waals surface area contributed by atoms with E-state index in [0.717, 1.165) is 12.8 Å². The third-order valence-corrected chi connectivity index (χ3v) is 2.67. The molecule has 0 unspecified atom stereocenters. The van der Waals surface area contributed by atoms with Gasteiger partial charge in [-0.3, -0.25) is 0 Å². The Morgan fingerprint density at radius 3 is 1.31 bits per heavy atom. The zero-order chi connectivity index (χ0) is 12.7. The average molecular weight is 224 g/mol. The lowest BCUT2D eigenvalue weighted by Gasteiger charge is -2.18. The fraction of sp³-hybridized carbons (Fsp3) is 0.857. The lowest BCUT2D eigenvalue weighted by atomic mass is 9.89. The molecule has 0 spiro atoms. The maximum atomic E-state index is 4.17. The van der Waals surface area contributed by atoms with Crippen molar-refractivity contribution < 1.29 is 0 Å². The molecule has 0 saturated carbocycles. The Balaban J connectivity index is 4.22. The summed E-state index contributed by atoms with van der Waals surface area (Å²) in [4.78, 5) is 0. The molecule has 0 aliphatic carbocycles. The van der Waals surface area contributed by atoms with Gasteiger partial charge < -0.3 is 0 Å². The van der Waals surface area contributed by atoms with Gasteiger partial charge >= 0.3 is 0 Å². The Kier molecular flexibility index (Phi) is 6.54. The van der Waals surface area contributed by atoms with E-state index in [0.29, 0.717) is 0 Å². The minimum Gasteiger partial charge on any atom is -0.163 e. The van der Waals surface area contributed by atoms with Gasteiger partial charge in [-0.1, -0.05) is 54.4 Å². The quantitative estimate of drug-likeness (QED) is 0.442. The van der Waals surface area contributed by atoms with E-state index in [2.05, 4.69) is 51.7 Å². The standard InChI is InChI=1S/C14H28N2/c1-7-9-13(3,4)11-15-16-12-14(5,6)10-8-2/h11-12H,7-10H2,1-6H3. The monoisotopic (exact) mass is 224 g/mol. The van der Waals surface area contributed by atoms with E-state index in [-0.39, 0.29) is 10.8 Å². The van der Waals surface area contributed by atoms with Gasteiger partial charge in [0.15, 0.2) is 0 Å². The van der Waals surface area contributed by atoms with Crippen LogP contribution in [-0.2, 0) is 0 Å². The molecule has 2 nitrogen and oxygen atoms in total. The molecule has 0 amide bonds.